The van der Waals surface area contributed by atoms with Crippen LogP contribution in [0, 0.1) is 11.7 Å². The Kier molecular flexibility index (Phi) is 5.22. The van der Waals surface area contributed by atoms with E-state index in [1.165, 1.54) is 18.9 Å². The smallest absolute Gasteiger partial charge is 0.165 e. The van der Waals surface area contributed by atoms with E-state index in [2.05, 4.69) is 0 Å². The summed E-state index contributed by atoms with van der Waals surface area (Å²) in [7, 11) is 0. The molecule has 0 aromatic heterocycles. The van der Waals surface area contributed by atoms with Crippen molar-refractivity contribution in [2.45, 2.75) is 32.2 Å². The highest BCUT2D eigenvalue weighted by atomic mass is 35.5. The number of hydrogen-bond donors (Lipinski definition) is 1. The van der Waals surface area contributed by atoms with Gasteiger partial charge in [0.2, 0.25) is 0 Å². The van der Waals surface area contributed by atoms with Crippen LogP contribution in [0.3, 0.4) is 0 Å². The van der Waals surface area contributed by atoms with Gasteiger partial charge in [-0.1, -0.05) is 6.07 Å². The van der Waals surface area contributed by atoms with Crippen LogP contribution in [0.15, 0.2) is 18.2 Å². The fourth-order valence-electron chi connectivity index (χ4n) is 1.65. The summed E-state index contributed by atoms with van der Waals surface area (Å²) in [6, 6.07) is 5.16. The van der Waals surface area contributed by atoms with E-state index in [1.54, 1.807) is 6.07 Å². The molecule has 2 N–H and O–H groups in total. The van der Waals surface area contributed by atoms with E-state index in [0.717, 1.165) is 5.56 Å². The summed E-state index contributed by atoms with van der Waals surface area (Å²) >= 11 is 0. The first kappa shape index (κ1) is 14.3. The minimum atomic E-state index is -0.279. The van der Waals surface area contributed by atoms with Gasteiger partial charge in [-0.3, -0.25) is 0 Å². The van der Waals surface area contributed by atoms with Crippen molar-refractivity contribution in [1.82, 2.24) is 0 Å². The number of ether oxygens (including phenoxy) is 1. The molecule has 4 heteroatoms. The van der Waals surface area contributed by atoms with Crippen LogP contribution < -0.4 is 10.5 Å². The predicted molar refractivity (Wildman–Crippen MR) is 69.2 cm³/mol. The Morgan fingerprint density at radius 2 is 2.18 bits per heavy atom. The second-order valence-electron chi connectivity index (χ2n) is 4.70. The van der Waals surface area contributed by atoms with E-state index in [1.807, 2.05) is 13.0 Å². The van der Waals surface area contributed by atoms with Crippen molar-refractivity contribution >= 4 is 12.4 Å². The Hall–Kier alpha value is -0.800. The zero-order chi connectivity index (χ0) is 11.5. The first-order chi connectivity index (χ1) is 7.65. The summed E-state index contributed by atoms with van der Waals surface area (Å²) in [6.45, 7) is 2.55. The predicted octanol–water partition coefficient (Wildman–Crippen LogP) is 2.93. The van der Waals surface area contributed by atoms with Gasteiger partial charge in [-0.25, -0.2) is 4.39 Å². The molecule has 2 nitrogen and oxygen atoms in total. The van der Waals surface area contributed by atoms with E-state index < -0.39 is 0 Å². The fourth-order valence-corrected chi connectivity index (χ4v) is 1.65. The van der Waals surface area contributed by atoms with Gasteiger partial charge in [-0.05, 0) is 49.8 Å². The van der Waals surface area contributed by atoms with E-state index >= 15 is 0 Å². The summed E-state index contributed by atoms with van der Waals surface area (Å²) in [5, 5.41) is 0. The molecule has 1 aromatic carbocycles. The third-order valence-corrected chi connectivity index (χ3v) is 2.73. The molecule has 1 aromatic rings. The average molecular weight is 260 g/mol. The van der Waals surface area contributed by atoms with Crippen molar-refractivity contribution in [2.75, 3.05) is 6.61 Å². The molecular formula is C13H19ClFNO. The highest BCUT2D eigenvalue weighted by molar-refractivity contribution is 5.85. The summed E-state index contributed by atoms with van der Waals surface area (Å²) in [4.78, 5) is 0. The second kappa shape index (κ2) is 6.22. The molecule has 1 fully saturated rings. The van der Waals surface area contributed by atoms with Crippen LogP contribution in [0.25, 0.3) is 0 Å². The topological polar surface area (TPSA) is 35.2 Å². The maximum atomic E-state index is 13.6. The molecule has 0 aliphatic heterocycles. The molecule has 0 bridgehead atoms. The maximum absolute atomic E-state index is 13.6. The Morgan fingerprint density at radius 3 is 2.71 bits per heavy atom. The summed E-state index contributed by atoms with van der Waals surface area (Å²) in [5.41, 5.74) is 6.59. The third kappa shape index (κ3) is 4.52. The second-order valence-corrected chi connectivity index (χ2v) is 4.70. The van der Waals surface area contributed by atoms with Gasteiger partial charge in [-0.15, -0.1) is 12.4 Å². The molecule has 1 aliphatic carbocycles. The Labute approximate surface area is 108 Å². The van der Waals surface area contributed by atoms with Gasteiger partial charge in [0.15, 0.2) is 11.6 Å². The molecule has 1 unspecified atom stereocenters. The monoisotopic (exact) mass is 259 g/mol. The van der Waals surface area contributed by atoms with Crippen molar-refractivity contribution in [3.05, 3.63) is 29.6 Å². The van der Waals surface area contributed by atoms with Crippen LogP contribution in [0.1, 0.15) is 25.3 Å². The number of benzene rings is 1. The van der Waals surface area contributed by atoms with Gasteiger partial charge in [0.25, 0.3) is 0 Å². The molecule has 1 saturated carbocycles. The molecule has 0 saturated heterocycles. The average Bonchev–Trinajstić information content (AvgIpc) is 2.99. The zero-order valence-corrected chi connectivity index (χ0v) is 10.8. The van der Waals surface area contributed by atoms with Crippen LogP contribution in [0.2, 0.25) is 0 Å². The lowest BCUT2D eigenvalue weighted by Crippen LogP contribution is -2.17. The lowest BCUT2D eigenvalue weighted by atomic mass is 10.1. The first-order valence-corrected chi connectivity index (χ1v) is 5.82. The minimum absolute atomic E-state index is 0. The van der Waals surface area contributed by atoms with Gasteiger partial charge < -0.3 is 10.5 Å². The highest BCUT2D eigenvalue weighted by Gasteiger charge is 2.22. The molecule has 2 rings (SSSR count). The van der Waals surface area contributed by atoms with Gasteiger partial charge in [-0.2, -0.15) is 0 Å². The lowest BCUT2D eigenvalue weighted by molar-refractivity contribution is 0.285. The van der Waals surface area contributed by atoms with Crippen molar-refractivity contribution < 1.29 is 9.13 Å². The number of rotatable bonds is 5. The molecule has 1 aliphatic rings. The number of halogens is 2. The molecule has 17 heavy (non-hydrogen) atoms. The van der Waals surface area contributed by atoms with Crippen molar-refractivity contribution in [1.29, 1.82) is 0 Å². The van der Waals surface area contributed by atoms with Crippen LogP contribution in [-0.4, -0.2) is 12.6 Å². The van der Waals surface area contributed by atoms with Crippen LogP contribution in [0.4, 0.5) is 4.39 Å². The Morgan fingerprint density at radius 1 is 1.47 bits per heavy atom. The summed E-state index contributed by atoms with van der Waals surface area (Å²) in [6.07, 6.45) is 3.12. The largest absolute Gasteiger partial charge is 0.490 e. The summed E-state index contributed by atoms with van der Waals surface area (Å²) < 4.78 is 19.0. The first-order valence-electron chi connectivity index (χ1n) is 5.82. The van der Waals surface area contributed by atoms with Gasteiger partial charge in [0, 0.05) is 6.04 Å². The molecule has 0 heterocycles. The number of nitrogens with two attached hydrogens (primary N) is 1. The van der Waals surface area contributed by atoms with E-state index in [9.17, 15) is 4.39 Å². The third-order valence-electron chi connectivity index (χ3n) is 2.73. The minimum Gasteiger partial charge on any atom is -0.490 e. The Bertz CT molecular complexity index is 366. The number of hydrogen-bond acceptors (Lipinski definition) is 2. The molecule has 1 atom stereocenters. The standard InChI is InChI=1S/C13H18FNO.ClH/c1-9(15)6-11-4-5-13(12(14)7-11)16-8-10-2-3-10;/h4-5,7,9-10H,2-3,6,8,15H2,1H3;1H. The molecular weight excluding hydrogens is 241 g/mol. The zero-order valence-electron chi connectivity index (χ0n) is 9.99. The van der Waals surface area contributed by atoms with Gasteiger partial charge in [0.1, 0.15) is 0 Å². The quantitative estimate of drug-likeness (QED) is 0.883. The van der Waals surface area contributed by atoms with Crippen LogP contribution >= 0.6 is 12.4 Å². The van der Waals surface area contributed by atoms with E-state index in [0.29, 0.717) is 24.7 Å². The Balaban J connectivity index is 0.00000144. The fraction of sp³-hybridized carbons (Fsp3) is 0.538. The van der Waals surface area contributed by atoms with Crippen LogP contribution in [0.5, 0.6) is 5.75 Å². The van der Waals surface area contributed by atoms with Gasteiger partial charge >= 0.3 is 0 Å². The molecule has 0 amide bonds. The van der Waals surface area contributed by atoms with Crippen molar-refractivity contribution in [2.24, 2.45) is 11.7 Å². The maximum Gasteiger partial charge on any atom is 0.165 e. The van der Waals surface area contributed by atoms with Crippen molar-refractivity contribution in [3.8, 4) is 5.75 Å². The van der Waals surface area contributed by atoms with E-state index in [-0.39, 0.29) is 24.3 Å². The summed E-state index contributed by atoms with van der Waals surface area (Å²) in [5.74, 6) is 0.724. The van der Waals surface area contributed by atoms with Crippen LogP contribution in [-0.2, 0) is 6.42 Å². The molecule has 0 radical (unpaired) electrons. The molecule has 0 spiro atoms. The normalized spacial score (nSPS) is 16.2. The molecule has 96 valence electrons. The van der Waals surface area contributed by atoms with Gasteiger partial charge in [0.05, 0.1) is 6.61 Å². The highest BCUT2D eigenvalue weighted by Crippen LogP contribution is 2.30. The van der Waals surface area contributed by atoms with E-state index in [4.69, 9.17) is 10.5 Å². The van der Waals surface area contributed by atoms with Crippen molar-refractivity contribution in [3.63, 3.8) is 0 Å². The SMILES string of the molecule is CC(N)Cc1ccc(OCC2CC2)c(F)c1.Cl. The lowest BCUT2D eigenvalue weighted by Gasteiger charge is -2.09.